The highest BCUT2D eigenvalue weighted by Gasteiger charge is 2.34. The van der Waals surface area contributed by atoms with Crippen LogP contribution in [0.1, 0.15) is 5.76 Å². The zero-order valence-electron chi connectivity index (χ0n) is 13.7. The van der Waals surface area contributed by atoms with Crippen LogP contribution in [0.5, 0.6) is 0 Å². The molecule has 1 fully saturated rings. The molecule has 0 N–H and O–H groups in total. The average Bonchev–Trinajstić information content (AvgIpc) is 3.21. The molecule has 1 aliphatic heterocycles. The molecule has 1 aliphatic rings. The van der Waals surface area contributed by atoms with Gasteiger partial charge in [0.2, 0.25) is 0 Å². The molecule has 1 saturated heterocycles. The molecular formula is C20H11ClFNO2S2. The Balaban J connectivity index is 1.63. The Kier molecular flexibility index (Phi) is 4.86. The van der Waals surface area contributed by atoms with Crippen molar-refractivity contribution in [3.63, 3.8) is 0 Å². The predicted molar refractivity (Wildman–Crippen MR) is 111 cm³/mol. The lowest BCUT2D eigenvalue weighted by atomic mass is 10.2. The monoisotopic (exact) mass is 415 g/mol. The Morgan fingerprint density at radius 2 is 1.93 bits per heavy atom. The summed E-state index contributed by atoms with van der Waals surface area (Å²) in [4.78, 5) is 14.3. The molecule has 134 valence electrons. The van der Waals surface area contributed by atoms with E-state index in [1.165, 1.54) is 17.0 Å². The fourth-order valence-electron chi connectivity index (χ4n) is 2.66. The van der Waals surface area contributed by atoms with E-state index in [1.807, 2.05) is 12.1 Å². The van der Waals surface area contributed by atoms with Crippen molar-refractivity contribution in [1.29, 1.82) is 0 Å². The van der Waals surface area contributed by atoms with Gasteiger partial charge in [0.15, 0.2) is 4.32 Å². The first-order valence-corrected chi connectivity index (χ1v) is 9.51. The topological polar surface area (TPSA) is 33.5 Å². The molecule has 0 spiro atoms. The second-order valence-electron chi connectivity index (χ2n) is 5.68. The number of thiocarbonyl (C=S) groups is 1. The van der Waals surface area contributed by atoms with Crippen molar-refractivity contribution in [3.8, 4) is 11.3 Å². The first kappa shape index (κ1) is 18.0. The number of nitrogens with zero attached hydrogens (tertiary/aromatic N) is 1. The summed E-state index contributed by atoms with van der Waals surface area (Å²) < 4.78 is 20.1. The van der Waals surface area contributed by atoms with Gasteiger partial charge in [0.1, 0.15) is 17.3 Å². The number of carbonyl (C=O) groups is 1. The molecule has 0 bridgehead atoms. The molecular weight excluding hydrogens is 405 g/mol. The van der Waals surface area contributed by atoms with Crippen molar-refractivity contribution < 1.29 is 13.6 Å². The van der Waals surface area contributed by atoms with Crippen LogP contribution in [-0.2, 0) is 4.79 Å². The molecule has 0 atom stereocenters. The van der Waals surface area contributed by atoms with E-state index < -0.39 is 5.82 Å². The maximum Gasteiger partial charge on any atom is 0.270 e. The summed E-state index contributed by atoms with van der Waals surface area (Å²) in [7, 11) is 0. The van der Waals surface area contributed by atoms with Crippen LogP contribution >= 0.6 is 35.6 Å². The number of halogens is 2. The smallest absolute Gasteiger partial charge is 0.270 e. The fraction of sp³-hybridized carbons (Fsp3) is 0. The van der Waals surface area contributed by atoms with Gasteiger partial charge in [0, 0.05) is 16.7 Å². The number of furan rings is 1. The van der Waals surface area contributed by atoms with Crippen LogP contribution in [0.15, 0.2) is 70.0 Å². The van der Waals surface area contributed by atoms with E-state index in [1.54, 1.807) is 42.5 Å². The summed E-state index contributed by atoms with van der Waals surface area (Å²) in [5.74, 6) is 0.249. The number of benzene rings is 2. The Morgan fingerprint density at radius 1 is 1.11 bits per heavy atom. The van der Waals surface area contributed by atoms with Gasteiger partial charge in [-0.2, -0.15) is 0 Å². The third-order valence-corrected chi connectivity index (χ3v) is 5.43. The summed E-state index contributed by atoms with van der Waals surface area (Å²) in [6.45, 7) is 0. The Hall–Kier alpha value is -2.41. The minimum absolute atomic E-state index is 0.141. The lowest BCUT2D eigenvalue weighted by Gasteiger charge is -2.14. The van der Waals surface area contributed by atoms with Crippen LogP contribution < -0.4 is 4.90 Å². The second kappa shape index (κ2) is 7.31. The molecule has 27 heavy (non-hydrogen) atoms. The van der Waals surface area contributed by atoms with Crippen molar-refractivity contribution >= 4 is 57.6 Å². The van der Waals surface area contributed by atoms with E-state index in [9.17, 15) is 9.18 Å². The molecule has 3 aromatic rings. The van der Waals surface area contributed by atoms with Gasteiger partial charge >= 0.3 is 0 Å². The molecule has 1 amide bonds. The number of para-hydroxylation sites is 1. The summed E-state index contributed by atoms with van der Waals surface area (Å²) in [6, 6.07) is 16.9. The van der Waals surface area contributed by atoms with Gasteiger partial charge in [-0.3, -0.25) is 9.69 Å². The fourth-order valence-corrected chi connectivity index (χ4v) is 4.12. The lowest BCUT2D eigenvalue weighted by Crippen LogP contribution is -2.28. The van der Waals surface area contributed by atoms with E-state index in [0.29, 0.717) is 21.4 Å². The number of thioether (sulfide) groups is 1. The van der Waals surface area contributed by atoms with Gasteiger partial charge in [-0.15, -0.1) is 0 Å². The standard InChI is InChI=1S/C20H11ClFNO2S2/c21-13-5-3-4-12(10-13)17-9-8-14(25-17)11-18-19(24)23(20(26)27-18)16-7-2-1-6-15(16)22/h1-11H/b18-11-. The van der Waals surface area contributed by atoms with Gasteiger partial charge in [-0.1, -0.05) is 59.8 Å². The summed E-state index contributed by atoms with van der Waals surface area (Å²) >= 11 is 12.4. The van der Waals surface area contributed by atoms with Gasteiger partial charge < -0.3 is 4.42 Å². The Bertz CT molecular complexity index is 1090. The van der Waals surface area contributed by atoms with E-state index in [-0.39, 0.29) is 15.9 Å². The van der Waals surface area contributed by atoms with E-state index in [4.69, 9.17) is 28.2 Å². The van der Waals surface area contributed by atoms with E-state index in [2.05, 4.69) is 0 Å². The van der Waals surface area contributed by atoms with Crippen molar-refractivity contribution in [2.75, 3.05) is 4.90 Å². The van der Waals surface area contributed by atoms with Crippen molar-refractivity contribution in [2.45, 2.75) is 0 Å². The molecule has 2 heterocycles. The summed E-state index contributed by atoms with van der Waals surface area (Å²) in [5.41, 5.74) is 0.975. The number of rotatable bonds is 3. The van der Waals surface area contributed by atoms with Crippen LogP contribution in [0.25, 0.3) is 17.4 Å². The Labute approximate surface area is 169 Å². The number of hydrogen-bond acceptors (Lipinski definition) is 4. The quantitative estimate of drug-likeness (QED) is 0.379. The van der Waals surface area contributed by atoms with Gasteiger partial charge in [-0.05, 0) is 36.4 Å². The van der Waals surface area contributed by atoms with E-state index in [0.717, 1.165) is 17.3 Å². The molecule has 0 saturated carbocycles. The predicted octanol–water partition coefficient (Wildman–Crippen LogP) is 6.14. The van der Waals surface area contributed by atoms with Crippen LogP contribution in [0.4, 0.5) is 10.1 Å². The maximum absolute atomic E-state index is 14.1. The third kappa shape index (κ3) is 3.56. The SMILES string of the molecule is O=C1/C(=C/c2ccc(-c3cccc(Cl)c3)o2)SC(=S)N1c1ccccc1F. The lowest BCUT2D eigenvalue weighted by molar-refractivity contribution is -0.113. The highest BCUT2D eigenvalue weighted by atomic mass is 35.5. The highest BCUT2D eigenvalue weighted by Crippen LogP contribution is 2.37. The minimum atomic E-state index is -0.503. The highest BCUT2D eigenvalue weighted by molar-refractivity contribution is 8.27. The largest absolute Gasteiger partial charge is 0.457 e. The normalized spacial score (nSPS) is 15.8. The summed E-state index contributed by atoms with van der Waals surface area (Å²) in [5, 5.41) is 0.608. The first-order chi connectivity index (χ1) is 13.0. The van der Waals surface area contributed by atoms with Crippen LogP contribution in [0.3, 0.4) is 0 Å². The molecule has 7 heteroatoms. The van der Waals surface area contributed by atoms with Crippen LogP contribution in [0, 0.1) is 5.82 Å². The van der Waals surface area contributed by atoms with Crippen molar-refractivity contribution in [1.82, 2.24) is 0 Å². The first-order valence-electron chi connectivity index (χ1n) is 7.91. The number of carbonyl (C=O) groups excluding carboxylic acids is 1. The average molecular weight is 416 g/mol. The van der Waals surface area contributed by atoms with Crippen LogP contribution in [0.2, 0.25) is 5.02 Å². The van der Waals surface area contributed by atoms with E-state index >= 15 is 0 Å². The number of amides is 1. The van der Waals surface area contributed by atoms with Gasteiger partial charge in [0.25, 0.3) is 5.91 Å². The number of hydrogen-bond donors (Lipinski definition) is 0. The molecule has 0 unspecified atom stereocenters. The molecule has 0 radical (unpaired) electrons. The third-order valence-electron chi connectivity index (χ3n) is 3.90. The van der Waals surface area contributed by atoms with Gasteiger partial charge in [0.05, 0.1) is 10.6 Å². The molecule has 4 rings (SSSR count). The maximum atomic E-state index is 14.1. The van der Waals surface area contributed by atoms with Crippen molar-refractivity contribution in [3.05, 3.63) is 82.2 Å². The van der Waals surface area contributed by atoms with Gasteiger partial charge in [-0.25, -0.2) is 4.39 Å². The minimum Gasteiger partial charge on any atom is -0.457 e. The zero-order chi connectivity index (χ0) is 19.0. The zero-order valence-corrected chi connectivity index (χ0v) is 16.1. The van der Waals surface area contributed by atoms with Crippen molar-refractivity contribution in [2.24, 2.45) is 0 Å². The Morgan fingerprint density at radius 3 is 2.70 bits per heavy atom. The second-order valence-corrected chi connectivity index (χ2v) is 7.79. The molecule has 0 aliphatic carbocycles. The molecule has 3 nitrogen and oxygen atoms in total. The van der Waals surface area contributed by atoms with Crippen LogP contribution in [-0.4, -0.2) is 10.2 Å². The molecule has 2 aromatic carbocycles. The molecule has 1 aromatic heterocycles. The number of anilines is 1. The summed E-state index contributed by atoms with van der Waals surface area (Å²) in [6.07, 6.45) is 1.61.